The molecule has 0 saturated heterocycles. The fourth-order valence-corrected chi connectivity index (χ4v) is 3.30. The Morgan fingerprint density at radius 1 is 1.04 bits per heavy atom. The lowest BCUT2D eigenvalue weighted by Crippen LogP contribution is -2.43. The van der Waals surface area contributed by atoms with Gasteiger partial charge in [-0.05, 0) is 37.0 Å². The number of anilines is 1. The Morgan fingerprint density at radius 2 is 1.76 bits per heavy atom. The van der Waals surface area contributed by atoms with Gasteiger partial charge in [0.05, 0.1) is 0 Å². The van der Waals surface area contributed by atoms with Crippen molar-refractivity contribution >= 4 is 11.7 Å². The Morgan fingerprint density at radius 3 is 2.56 bits per heavy atom. The van der Waals surface area contributed by atoms with E-state index in [1.54, 1.807) is 0 Å². The van der Waals surface area contributed by atoms with E-state index in [0.717, 1.165) is 23.4 Å². The van der Waals surface area contributed by atoms with E-state index in [1.165, 1.54) is 19.3 Å². The summed E-state index contributed by atoms with van der Waals surface area (Å²) < 4.78 is 5.81. The number of rotatable bonds is 5. The van der Waals surface area contributed by atoms with Gasteiger partial charge in [0.1, 0.15) is 12.4 Å². The number of para-hydroxylation sites is 2. The van der Waals surface area contributed by atoms with Crippen molar-refractivity contribution in [2.45, 2.75) is 45.3 Å². The van der Waals surface area contributed by atoms with Crippen LogP contribution in [0.15, 0.2) is 54.6 Å². The predicted molar refractivity (Wildman–Crippen MR) is 101 cm³/mol. The quantitative estimate of drug-likeness (QED) is 0.809. The van der Waals surface area contributed by atoms with Gasteiger partial charge in [0.2, 0.25) is 0 Å². The van der Waals surface area contributed by atoms with Crippen LogP contribution in [0.2, 0.25) is 0 Å². The molecule has 2 unspecified atom stereocenters. The standard InChI is InChI=1S/C21H26N2O2/c1-16-9-5-7-13-19(16)22-21(24)23-20-14-8-6-10-17(20)15-25-18-11-3-2-4-12-18/h2-4,6,8,10-12,14,16,19H,5,7,9,13,15H2,1H3,(H2,22,23,24). The van der Waals surface area contributed by atoms with Crippen LogP contribution in [0.3, 0.4) is 0 Å². The Bertz CT molecular complexity index is 687. The molecule has 25 heavy (non-hydrogen) atoms. The maximum atomic E-state index is 12.4. The van der Waals surface area contributed by atoms with E-state index in [1.807, 2.05) is 54.6 Å². The van der Waals surface area contributed by atoms with Crippen molar-refractivity contribution < 1.29 is 9.53 Å². The van der Waals surface area contributed by atoms with E-state index >= 15 is 0 Å². The fraction of sp³-hybridized carbons (Fsp3) is 0.381. The summed E-state index contributed by atoms with van der Waals surface area (Å²) in [5.41, 5.74) is 1.75. The summed E-state index contributed by atoms with van der Waals surface area (Å²) in [6.07, 6.45) is 4.71. The van der Waals surface area contributed by atoms with Crippen LogP contribution in [0.1, 0.15) is 38.2 Å². The van der Waals surface area contributed by atoms with Gasteiger partial charge in [-0.15, -0.1) is 0 Å². The fourth-order valence-electron chi connectivity index (χ4n) is 3.30. The molecule has 2 aromatic rings. The summed E-state index contributed by atoms with van der Waals surface area (Å²) in [5.74, 6) is 1.36. The average Bonchev–Trinajstić information content (AvgIpc) is 2.64. The molecule has 2 amide bonds. The summed E-state index contributed by atoms with van der Waals surface area (Å²) in [4.78, 5) is 12.4. The SMILES string of the molecule is CC1CCCCC1NC(=O)Nc1ccccc1COc1ccccc1. The molecule has 1 aliphatic carbocycles. The highest BCUT2D eigenvalue weighted by molar-refractivity contribution is 5.90. The third-order valence-corrected chi connectivity index (χ3v) is 4.83. The topological polar surface area (TPSA) is 50.4 Å². The van der Waals surface area contributed by atoms with Crippen molar-refractivity contribution in [3.05, 3.63) is 60.2 Å². The van der Waals surface area contributed by atoms with E-state index < -0.39 is 0 Å². The number of urea groups is 1. The summed E-state index contributed by atoms with van der Waals surface area (Å²) in [6.45, 7) is 2.63. The predicted octanol–water partition coefficient (Wildman–Crippen LogP) is 4.97. The number of nitrogens with one attached hydrogen (secondary N) is 2. The zero-order valence-corrected chi connectivity index (χ0v) is 14.7. The number of carbonyl (C=O) groups is 1. The van der Waals surface area contributed by atoms with Gasteiger partial charge in [-0.1, -0.05) is 56.2 Å². The summed E-state index contributed by atoms with van der Waals surface area (Å²) in [7, 11) is 0. The van der Waals surface area contributed by atoms with E-state index in [0.29, 0.717) is 12.5 Å². The first-order valence-corrected chi connectivity index (χ1v) is 9.05. The molecule has 0 aromatic heterocycles. The number of amides is 2. The monoisotopic (exact) mass is 338 g/mol. The molecule has 1 aliphatic rings. The smallest absolute Gasteiger partial charge is 0.319 e. The molecule has 0 spiro atoms. The van der Waals surface area contributed by atoms with Crippen molar-refractivity contribution in [2.75, 3.05) is 5.32 Å². The molecular formula is C21H26N2O2. The van der Waals surface area contributed by atoms with Crippen LogP contribution in [-0.2, 0) is 6.61 Å². The molecule has 1 saturated carbocycles. The van der Waals surface area contributed by atoms with Crippen molar-refractivity contribution in [3.63, 3.8) is 0 Å². The van der Waals surface area contributed by atoms with Gasteiger partial charge in [0.15, 0.2) is 0 Å². The first-order chi connectivity index (χ1) is 12.2. The molecule has 2 N–H and O–H groups in total. The summed E-state index contributed by atoms with van der Waals surface area (Å²) in [5, 5.41) is 6.11. The molecule has 2 atom stereocenters. The van der Waals surface area contributed by atoms with E-state index in [-0.39, 0.29) is 12.1 Å². The van der Waals surface area contributed by atoms with Crippen molar-refractivity contribution in [1.82, 2.24) is 5.32 Å². The zero-order chi connectivity index (χ0) is 17.5. The second kappa shape index (κ2) is 8.56. The van der Waals surface area contributed by atoms with Crippen LogP contribution in [0, 0.1) is 5.92 Å². The van der Waals surface area contributed by atoms with Gasteiger partial charge in [0.25, 0.3) is 0 Å². The van der Waals surface area contributed by atoms with Crippen LogP contribution in [0.25, 0.3) is 0 Å². The molecular weight excluding hydrogens is 312 g/mol. The second-order valence-electron chi connectivity index (χ2n) is 6.73. The zero-order valence-electron chi connectivity index (χ0n) is 14.7. The van der Waals surface area contributed by atoms with Gasteiger partial charge in [0, 0.05) is 17.3 Å². The number of ether oxygens (including phenoxy) is 1. The van der Waals surface area contributed by atoms with Gasteiger partial charge in [-0.25, -0.2) is 4.79 Å². The minimum Gasteiger partial charge on any atom is -0.489 e. The van der Waals surface area contributed by atoms with Crippen LogP contribution < -0.4 is 15.4 Å². The third-order valence-electron chi connectivity index (χ3n) is 4.83. The normalized spacial score (nSPS) is 19.9. The highest BCUT2D eigenvalue weighted by Gasteiger charge is 2.22. The minimum absolute atomic E-state index is 0.133. The third kappa shape index (κ3) is 4.99. The molecule has 4 heteroatoms. The largest absolute Gasteiger partial charge is 0.489 e. The second-order valence-corrected chi connectivity index (χ2v) is 6.73. The molecule has 3 rings (SSSR count). The van der Waals surface area contributed by atoms with Gasteiger partial charge >= 0.3 is 6.03 Å². The van der Waals surface area contributed by atoms with Gasteiger partial charge in [-0.2, -0.15) is 0 Å². The minimum atomic E-state index is -0.133. The molecule has 0 radical (unpaired) electrons. The molecule has 132 valence electrons. The highest BCUT2D eigenvalue weighted by atomic mass is 16.5. The Balaban J connectivity index is 1.59. The molecule has 4 nitrogen and oxygen atoms in total. The maximum Gasteiger partial charge on any atom is 0.319 e. The summed E-state index contributed by atoms with van der Waals surface area (Å²) in [6, 6.07) is 17.6. The van der Waals surface area contributed by atoms with Crippen LogP contribution >= 0.6 is 0 Å². The lowest BCUT2D eigenvalue weighted by atomic mass is 9.86. The number of benzene rings is 2. The molecule has 0 aliphatic heterocycles. The highest BCUT2D eigenvalue weighted by Crippen LogP contribution is 2.24. The summed E-state index contributed by atoms with van der Waals surface area (Å²) >= 11 is 0. The van der Waals surface area contributed by atoms with Crippen molar-refractivity contribution in [1.29, 1.82) is 0 Å². The van der Waals surface area contributed by atoms with Gasteiger partial charge in [-0.3, -0.25) is 0 Å². The van der Waals surface area contributed by atoms with Gasteiger partial charge < -0.3 is 15.4 Å². The molecule has 1 fully saturated rings. The van der Waals surface area contributed by atoms with E-state index in [9.17, 15) is 4.79 Å². The van der Waals surface area contributed by atoms with Crippen LogP contribution in [0.4, 0.5) is 10.5 Å². The van der Waals surface area contributed by atoms with Crippen molar-refractivity contribution in [3.8, 4) is 5.75 Å². The Hall–Kier alpha value is -2.49. The molecule has 2 aromatic carbocycles. The van der Waals surface area contributed by atoms with Crippen LogP contribution in [-0.4, -0.2) is 12.1 Å². The number of hydrogen-bond donors (Lipinski definition) is 2. The number of hydrogen-bond acceptors (Lipinski definition) is 2. The lowest BCUT2D eigenvalue weighted by Gasteiger charge is -2.29. The molecule has 0 bridgehead atoms. The Kier molecular flexibility index (Phi) is 5.94. The van der Waals surface area contributed by atoms with Crippen molar-refractivity contribution in [2.24, 2.45) is 5.92 Å². The average molecular weight is 338 g/mol. The lowest BCUT2D eigenvalue weighted by molar-refractivity contribution is 0.232. The first kappa shape index (κ1) is 17.3. The number of carbonyl (C=O) groups excluding carboxylic acids is 1. The van der Waals surface area contributed by atoms with Crippen LogP contribution in [0.5, 0.6) is 5.75 Å². The molecule has 0 heterocycles. The van der Waals surface area contributed by atoms with E-state index in [2.05, 4.69) is 17.6 Å². The maximum absolute atomic E-state index is 12.4. The van der Waals surface area contributed by atoms with E-state index in [4.69, 9.17) is 4.74 Å². The Labute approximate surface area is 149 Å². The first-order valence-electron chi connectivity index (χ1n) is 9.05.